The number of hydrogen-bond donors (Lipinski definition) is 2. The van der Waals surface area contributed by atoms with Crippen LogP contribution in [0.5, 0.6) is 0 Å². The fraction of sp³-hybridized carbons (Fsp3) is 0.286. The zero-order valence-electron chi connectivity index (χ0n) is 19.4. The molecular formula is C28H31N5O. The van der Waals surface area contributed by atoms with Crippen LogP contribution in [0.3, 0.4) is 0 Å². The second kappa shape index (κ2) is 10.2. The number of nitrogens with zero attached hydrogens (tertiary/aromatic N) is 3. The molecule has 1 saturated heterocycles. The van der Waals surface area contributed by atoms with Crippen LogP contribution in [0.25, 0.3) is 22.0 Å². The van der Waals surface area contributed by atoms with Crippen molar-refractivity contribution in [1.29, 1.82) is 0 Å². The number of rotatable bonds is 8. The number of amides is 1. The third kappa shape index (κ3) is 4.88. The summed E-state index contributed by atoms with van der Waals surface area (Å²) >= 11 is 0. The summed E-state index contributed by atoms with van der Waals surface area (Å²) < 4.78 is 2.02. The minimum absolute atomic E-state index is 0.133. The number of hydrogen-bond acceptors (Lipinski definition) is 4. The first-order chi connectivity index (χ1) is 16.7. The molecular weight excluding hydrogens is 422 g/mol. The Hall–Kier alpha value is -3.48. The molecule has 0 bridgehead atoms. The molecule has 0 atom stereocenters. The first kappa shape index (κ1) is 22.3. The van der Waals surface area contributed by atoms with Crippen molar-refractivity contribution in [2.24, 2.45) is 5.73 Å². The zero-order valence-corrected chi connectivity index (χ0v) is 19.4. The fourth-order valence-corrected chi connectivity index (χ4v) is 4.60. The van der Waals surface area contributed by atoms with Crippen LogP contribution >= 0.6 is 0 Å². The van der Waals surface area contributed by atoms with Crippen LogP contribution in [-0.2, 0) is 13.1 Å². The Morgan fingerprint density at radius 1 is 0.941 bits per heavy atom. The third-order valence-corrected chi connectivity index (χ3v) is 6.48. The molecule has 6 heteroatoms. The Morgan fingerprint density at radius 3 is 2.53 bits per heavy atom. The number of carbonyl (C=O) groups excluding carboxylic acids is 1. The van der Waals surface area contributed by atoms with Gasteiger partial charge in [-0.1, -0.05) is 48.5 Å². The molecule has 0 spiro atoms. The molecule has 1 amide bonds. The minimum Gasteiger partial charge on any atom is -0.339 e. The highest BCUT2D eigenvalue weighted by molar-refractivity contribution is 5.94. The van der Waals surface area contributed by atoms with Gasteiger partial charge in [0.05, 0.1) is 18.3 Å². The predicted octanol–water partition coefficient (Wildman–Crippen LogP) is 4.04. The molecule has 1 aliphatic heterocycles. The summed E-state index contributed by atoms with van der Waals surface area (Å²) in [6.07, 6.45) is 4.10. The molecule has 0 unspecified atom stereocenters. The summed E-state index contributed by atoms with van der Waals surface area (Å²) in [5.74, 6) is 0.133. The average molecular weight is 454 g/mol. The van der Waals surface area contributed by atoms with Crippen LogP contribution < -0.4 is 11.1 Å². The maximum Gasteiger partial charge on any atom is 0.253 e. The number of carbonyl (C=O) groups is 1. The van der Waals surface area contributed by atoms with Gasteiger partial charge in [0.1, 0.15) is 0 Å². The van der Waals surface area contributed by atoms with Gasteiger partial charge >= 0.3 is 0 Å². The quantitative estimate of drug-likeness (QED) is 0.395. The third-order valence-electron chi connectivity index (χ3n) is 6.48. The number of aromatic nitrogens is 2. The Kier molecular flexibility index (Phi) is 6.70. The van der Waals surface area contributed by atoms with Gasteiger partial charge in [-0.25, -0.2) is 0 Å². The Morgan fingerprint density at radius 2 is 1.74 bits per heavy atom. The van der Waals surface area contributed by atoms with E-state index in [1.165, 1.54) is 11.1 Å². The maximum atomic E-state index is 12.8. The highest BCUT2D eigenvalue weighted by atomic mass is 16.2. The lowest BCUT2D eigenvalue weighted by atomic mass is 10.0. The van der Waals surface area contributed by atoms with Crippen molar-refractivity contribution in [3.63, 3.8) is 0 Å². The van der Waals surface area contributed by atoms with E-state index in [0.29, 0.717) is 13.1 Å². The van der Waals surface area contributed by atoms with Crippen LogP contribution in [0.2, 0.25) is 0 Å². The van der Waals surface area contributed by atoms with E-state index >= 15 is 0 Å². The molecule has 3 N–H and O–H groups in total. The van der Waals surface area contributed by atoms with Crippen LogP contribution in [0.4, 0.5) is 0 Å². The number of nitrogens with one attached hydrogen (secondary N) is 1. The molecule has 1 fully saturated rings. The molecule has 6 nitrogen and oxygen atoms in total. The van der Waals surface area contributed by atoms with Crippen molar-refractivity contribution in [1.82, 2.24) is 20.0 Å². The molecule has 0 saturated carbocycles. The summed E-state index contributed by atoms with van der Waals surface area (Å²) in [7, 11) is 0. The van der Waals surface area contributed by atoms with Crippen LogP contribution in [0, 0.1) is 0 Å². The Bertz CT molecular complexity index is 1270. The Labute approximate surface area is 200 Å². The second-order valence-electron chi connectivity index (χ2n) is 8.94. The van der Waals surface area contributed by atoms with Crippen molar-refractivity contribution in [3.8, 4) is 11.1 Å². The van der Waals surface area contributed by atoms with E-state index in [9.17, 15) is 4.79 Å². The van der Waals surface area contributed by atoms with Gasteiger partial charge < -0.3 is 16.0 Å². The van der Waals surface area contributed by atoms with Gasteiger partial charge in [-0.15, -0.1) is 0 Å². The van der Waals surface area contributed by atoms with Gasteiger partial charge in [-0.3, -0.25) is 9.48 Å². The number of likely N-dealkylation sites (tertiary alicyclic amines) is 1. The summed E-state index contributed by atoms with van der Waals surface area (Å²) in [5, 5.41) is 9.07. The van der Waals surface area contributed by atoms with Crippen molar-refractivity contribution in [2.75, 3.05) is 26.2 Å². The number of fused-ring (bicyclic) bond motifs is 1. The lowest BCUT2D eigenvalue weighted by Gasteiger charge is -2.15. The van der Waals surface area contributed by atoms with Crippen molar-refractivity contribution in [2.45, 2.75) is 25.9 Å². The summed E-state index contributed by atoms with van der Waals surface area (Å²) in [6, 6.07) is 23.1. The van der Waals surface area contributed by atoms with Crippen LogP contribution in [0.15, 0.2) is 72.9 Å². The summed E-state index contributed by atoms with van der Waals surface area (Å²) in [4.78, 5) is 14.8. The molecule has 34 heavy (non-hydrogen) atoms. The van der Waals surface area contributed by atoms with Gasteiger partial charge in [0.15, 0.2) is 0 Å². The van der Waals surface area contributed by atoms with E-state index in [4.69, 9.17) is 5.73 Å². The van der Waals surface area contributed by atoms with E-state index in [-0.39, 0.29) is 5.91 Å². The zero-order chi connectivity index (χ0) is 23.3. The standard InChI is InChI=1S/C28H31N5O/c29-12-13-30-18-21-6-8-23(9-7-21)24-10-11-26-19-31-33(27(26)17-24)20-22-4-3-5-25(16-22)28(34)32-14-1-2-15-32/h3-11,16-17,19,30H,1-2,12-15,18,20,29H2. The fourth-order valence-electron chi connectivity index (χ4n) is 4.60. The van der Waals surface area contributed by atoms with Gasteiger partial charge in [-0.05, 0) is 53.3 Å². The van der Waals surface area contributed by atoms with E-state index in [2.05, 4.69) is 58.9 Å². The lowest BCUT2D eigenvalue weighted by Crippen LogP contribution is -2.27. The minimum atomic E-state index is 0.133. The van der Waals surface area contributed by atoms with Gasteiger partial charge in [-0.2, -0.15) is 5.10 Å². The predicted molar refractivity (Wildman–Crippen MR) is 137 cm³/mol. The largest absolute Gasteiger partial charge is 0.339 e. The first-order valence-electron chi connectivity index (χ1n) is 12.1. The molecule has 1 aromatic heterocycles. The molecule has 5 rings (SSSR count). The van der Waals surface area contributed by atoms with Crippen molar-refractivity contribution < 1.29 is 4.79 Å². The first-order valence-corrected chi connectivity index (χ1v) is 12.1. The smallest absolute Gasteiger partial charge is 0.253 e. The highest BCUT2D eigenvalue weighted by Crippen LogP contribution is 2.25. The monoisotopic (exact) mass is 453 g/mol. The highest BCUT2D eigenvalue weighted by Gasteiger charge is 2.19. The summed E-state index contributed by atoms with van der Waals surface area (Å²) in [6.45, 7) is 4.63. The maximum absolute atomic E-state index is 12.8. The molecule has 3 aromatic carbocycles. The lowest BCUT2D eigenvalue weighted by molar-refractivity contribution is 0.0792. The van der Waals surface area contributed by atoms with Crippen molar-refractivity contribution in [3.05, 3.63) is 89.6 Å². The summed E-state index contributed by atoms with van der Waals surface area (Å²) in [5.41, 5.74) is 12.1. The van der Waals surface area contributed by atoms with E-state index in [1.54, 1.807) is 0 Å². The second-order valence-corrected chi connectivity index (χ2v) is 8.94. The molecule has 0 aliphatic carbocycles. The van der Waals surface area contributed by atoms with Crippen LogP contribution in [-0.4, -0.2) is 46.8 Å². The average Bonchev–Trinajstić information content (AvgIpc) is 3.55. The molecule has 1 aliphatic rings. The normalized spacial score (nSPS) is 13.6. The molecule has 4 aromatic rings. The van der Waals surface area contributed by atoms with E-state index in [0.717, 1.165) is 66.6 Å². The van der Waals surface area contributed by atoms with Crippen molar-refractivity contribution >= 4 is 16.8 Å². The van der Waals surface area contributed by atoms with Gasteiger partial charge in [0, 0.05) is 43.7 Å². The van der Waals surface area contributed by atoms with E-state index in [1.807, 2.05) is 34.0 Å². The van der Waals surface area contributed by atoms with Gasteiger partial charge in [0.2, 0.25) is 0 Å². The van der Waals surface area contributed by atoms with Gasteiger partial charge in [0.25, 0.3) is 5.91 Å². The van der Waals surface area contributed by atoms with Crippen LogP contribution in [0.1, 0.15) is 34.3 Å². The Balaban J connectivity index is 1.35. The molecule has 2 heterocycles. The molecule has 0 radical (unpaired) electrons. The number of benzene rings is 3. The van der Waals surface area contributed by atoms with E-state index < -0.39 is 0 Å². The molecule has 174 valence electrons. The topological polar surface area (TPSA) is 76.2 Å². The SMILES string of the molecule is NCCNCc1ccc(-c2ccc3cnn(Cc4cccc(C(=O)N5CCCC5)c4)c3c2)cc1. The number of nitrogens with two attached hydrogens (primary N) is 1.